The number of hydrogen-bond donors (Lipinski definition) is 1. The molecular formula is C16H19N5S. The molecule has 0 unspecified atom stereocenters. The van der Waals surface area contributed by atoms with Crippen LogP contribution in [-0.4, -0.2) is 29.1 Å². The molecule has 5 nitrogen and oxygen atoms in total. The second-order valence-corrected chi connectivity index (χ2v) is 6.50. The van der Waals surface area contributed by atoms with Crippen LogP contribution in [0.4, 0.5) is 10.9 Å². The molecule has 0 atom stereocenters. The molecule has 1 saturated heterocycles. The number of pyridine rings is 1. The van der Waals surface area contributed by atoms with Crippen LogP contribution in [-0.2, 0) is 0 Å². The summed E-state index contributed by atoms with van der Waals surface area (Å²) in [6.07, 6.45) is 3.84. The molecule has 2 aromatic heterocycles. The summed E-state index contributed by atoms with van der Waals surface area (Å²) in [7, 11) is 0. The summed E-state index contributed by atoms with van der Waals surface area (Å²) in [5.41, 5.74) is 2.75. The molecule has 3 heterocycles. The third-order valence-electron chi connectivity index (χ3n) is 3.99. The summed E-state index contributed by atoms with van der Waals surface area (Å²) in [4.78, 5) is 11.1. The Morgan fingerprint density at radius 2 is 2.14 bits per heavy atom. The molecule has 1 aliphatic heterocycles. The van der Waals surface area contributed by atoms with Crippen LogP contribution in [0.15, 0.2) is 17.6 Å². The van der Waals surface area contributed by atoms with E-state index in [2.05, 4.69) is 31.6 Å². The molecule has 0 bridgehead atoms. The average Bonchev–Trinajstić information content (AvgIpc) is 2.93. The summed E-state index contributed by atoms with van der Waals surface area (Å²) in [5.74, 6) is 0.825. The van der Waals surface area contributed by atoms with E-state index in [9.17, 15) is 5.26 Å². The number of anilines is 2. The average molecular weight is 313 g/mol. The van der Waals surface area contributed by atoms with Gasteiger partial charge in [0.1, 0.15) is 11.9 Å². The lowest BCUT2D eigenvalue weighted by molar-refractivity contribution is 0.523. The number of piperidine rings is 1. The van der Waals surface area contributed by atoms with E-state index in [1.54, 1.807) is 17.5 Å². The molecule has 114 valence electrons. The minimum Gasteiger partial charge on any atom is -0.359 e. The highest BCUT2D eigenvalue weighted by molar-refractivity contribution is 7.13. The lowest BCUT2D eigenvalue weighted by Gasteiger charge is -2.33. The van der Waals surface area contributed by atoms with Crippen molar-refractivity contribution in [2.75, 3.05) is 23.3 Å². The lowest BCUT2D eigenvalue weighted by atomic mass is 10.0. The highest BCUT2D eigenvalue weighted by Gasteiger charge is 2.23. The first-order valence-electron chi connectivity index (χ1n) is 7.46. The Hall–Kier alpha value is -2.13. The molecule has 0 spiro atoms. The molecule has 1 fully saturated rings. The molecule has 1 N–H and O–H groups in total. The number of aryl methyl sites for hydroxylation is 2. The molecule has 1 aliphatic rings. The van der Waals surface area contributed by atoms with Gasteiger partial charge in [-0.3, -0.25) is 0 Å². The minimum absolute atomic E-state index is 0.442. The Labute approximate surface area is 134 Å². The molecule has 22 heavy (non-hydrogen) atoms. The van der Waals surface area contributed by atoms with Gasteiger partial charge in [-0.05, 0) is 38.3 Å². The van der Waals surface area contributed by atoms with E-state index < -0.39 is 0 Å². The minimum atomic E-state index is 0.442. The van der Waals surface area contributed by atoms with Crippen LogP contribution >= 0.6 is 11.3 Å². The van der Waals surface area contributed by atoms with Gasteiger partial charge in [0.25, 0.3) is 0 Å². The number of rotatable bonds is 3. The van der Waals surface area contributed by atoms with Crippen molar-refractivity contribution < 1.29 is 0 Å². The number of aromatic nitrogens is 2. The van der Waals surface area contributed by atoms with Crippen molar-refractivity contribution in [2.24, 2.45) is 0 Å². The summed E-state index contributed by atoms with van der Waals surface area (Å²) in [6, 6.07) is 4.62. The van der Waals surface area contributed by atoms with Crippen LogP contribution in [0.25, 0.3) is 0 Å². The van der Waals surface area contributed by atoms with Crippen molar-refractivity contribution in [1.29, 1.82) is 5.26 Å². The number of hydrogen-bond acceptors (Lipinski definition) is 6. The van der Waals surface area contributed by atoms with Gasteiger partial charge in [0.15, 0.2) is 5.13 Å². The quantitative estimate of drug-likeness (QED) is 0.943. The number of nitriles is 1. The predicted octanol–water partition coefficient (Wildman–Crippen LogP) is 3.11. The van der Waals surface area contributed by atoms with E-state index >= 15 is 0 Å². The fourth-order valence-corrected chi connectivity index (χ4v) is 3.52. The molecule has 2 aromatic rings. The Morgan fingerprint density at radius 1 is 1.36 bits per heavy atom. The number of thiazole rings is 1. The van der Waals surface area contributed by atoms with E-state index in [4.69, 9.17) is 0 Å². The molecule has 3 rings (SSSR count). The van der Waals surface area contributed by atoms with Crippen molar-refractivity contribution in [2.45, 2.75) is 32.7 Å². The van der Waals surface area contributed by atoms with Crippen LogP contribution in [0.1, 0.15) is 29.7 Å². The topological polar surface area (TPSA) is 64.8 Å². The maximum atomic E-state index is 9.34. The van der Waals surface area contributed by atoms with Gasteiger partial charge in [-0.2, -0.15) is 5.26 Å². The van der Waals surface area contributed by atoms with Crippen LogP contribution in [0.5, 0.6) is 0 Å². The molecule has 0 radical (unpaired) electrons. The van der Waals surface area contributed by atoms with Crippen molar-refractivity contribution in [3.05, 3.63) is 34.5 Å². The fourth-order valence-electron chi connectivity index (χ4n) is 2.75. The maximum Gasteiger partial charge on any atom is 0.183 e. The first-order valence-corrected chi connectivity index (χ1v) is 8.34. The zero-order valence-electron chi connectivity index (χ0n) is 12.8. The van der Waals surface area contributed by atoms with E-state index in [-0.39, 0.29) is 0 Å². The van der Waals surface area contributed by atoms with Gasteiger partial charge in [0, 0.05) is 30.7 Å². The maximum absolute atomic E-state index is 9.34. The fraction of sp³-hybridized carbons (Fsp3) is 0.438. The summed E-state index contributed by atoms with van der Waals surface area (Å²) < 4.78 is 0. The third-order valence-corrected chi connectivity index (χ3v) is 4.88. The van der Waals surface area contributed by atoms with E-state index in [0.717, 1.165) is 48.1 Å². The largest absolute Gasteiger partial charge is 0.359 e. The van der Waals surface area contributed by atoms with Gasteiger partial charge in [-0.1, -0.05) is 0 Å². The normalized spacial score (nSPS) is 15.6. The number of nitrogens with zero attached hydrogens (tertiary/aromatic N) is 4. The molecule has 0 saturated carbocycles. The van der Waals surface area contributed by atoms with E-state index in [1.165, 1.54) is 0 Å². The predicted molar refractivity (Wildman–Crippen MR) is 89.4 cm³/mol. The Morgan fingerprint density at radius 3 is 2.77 bits per heavy atom. The molecule has 6 heteroatoms. The highest BCUT2D eigenvalue weighted by atomic mass is 32.1. The monoisotopic (exact) mass is 313 g/mol. The van der Waals surface area contributed by atoms with Gasteiger partial charge in [-0.15, -0.1) is 11.3 Å². The molecule has 0 aliphatic carbocycles. The number of nitrogens with one attached hydrogen (secondary N) is 1. The van der Waals surface area contributed by atoms with Crippen LogP contribution in [0.3, 0.4) is 0 Å². The lowest BCUT2D eigenvalue weighted by Crippen LogP contribution is -2.40. The van der Waals surface area contributed by atoms with E-state index in [1.807, 2.05) is 19.9 Å². The second kappa shape index (κ2) is 6.32. The molecular weight excluding hydrogens is 294 g/mol. The van der Waals surface area contributed by atoms with Crippen molar-refractivity contribution in [1.82, 2.24) is 9.97 Å². The van der Waals surface area contributed by atoms with Gasteiger partial charge >= 0.3 is 0 Å². The standard InChI is InChI=1S/C16H19N5S/c1-11-3-6-18-15(14(11)9-17)21-7-4-13(5-8-21)20-16-19-12(2)10-22-16/h3,6,10,13H,4-5,7-8H2,1-2H3,(H,19,20). The summed E-state index contributed by atoms with van der Waals surface area (Å²) >= 11 is 1.66. The SMILES string of the molecule is Cc1csc(NC2CCN(c3nccc(C)c3C#N)CC2)n1. The zero-order valence-corrected chi connectivity index (χ0v) is 13.7. The van der Waals surface area contributed by atoms with Crippen LogP contribution < -0.4 is 10.2 Å². The highest BCUT2D eigenvalue weighted by Crippen LogP contribution is 2.25. The second-order valence-electron chi connectivity index (χ2n) is 5.64. The van der Waals surface area contributed by atoms with Crippen molar-refractivity contribution >= 4 is 22.3 Å². The first kappa shape index (κ1) is 14.8. The Kier molecular flexibility index (Phi) is 4.25. The van der Waals surface area contributed by atoms with Gasteiger partial charge in [0.2, 0.25) is 0 Å². The molecule has 0 amide bonds. The van der Waals surface area contributed by atoms with Crippen LogP contribution in [0, 0.1) is 25.2 Å². The van der Waals surface area contributed by atoms with Gasteiger partial charge < -0.3 is 10.2 Å². The molecule has 0 aromatic carbocycles. The van der Waals surface area contributed by atoms with Crippen molar-refractivity contribution in [3.8, 4) is 6.07 Å². The first-order chi connectivity index (χ1) is 10.7. The third kappa shape index (κ3) is 3.04. The zero-order chi connectivity index (χ0) is 15.5. The van der Waals surface area contributed by atoms with Gasteiger partial charge in [-0.25, -0.2) is 9.97 Å². The van der Waals surface area contributed by atoms with Crippen molar-refractivity contribution in [3.63, 3.8) is 0 Å². The summed E-state index contributed by atoms with van der Waals surface area (Å²) in [6.45, 7) is 5.79. The van der Waals surface area contributed by atoms with E-state index in [0.29, 0.717) is 11.6 Å². The Bertz CT molecular complexity index is 695. The van der Waals surface area contributed by atoms with Crippen LogP contribution in [0.2, 0.25) is 0 Å². The summed E-state index contributed by atoms with van der Waals surface area (Å²) in [5, 5.41) is 15.9. The Balaban J connectivity index is 1.65. The smallest absolute Gasteiger partial charge is 0.183 e. The van der Waals surface area contributed by atoms with Gasteiger partial charge in [0.05, 0.1) is 11.3 Å².